The molecule has 0 radical (unpaired) electrons. The van der Waals surface area contributed by atoms with Gasteiger partial charge in [-0.15, -0.1) is 0 Å². The summed E-state index contributed by atoms with van der Waals surface area (Å²) < 4.78 is 8.39. The van der Waals surface area contributed by atoms with Crippen molar-refractivity contribution in [2.45, 2.75) is 19.4 Å². The van der Waals surface area contributed by atoms with Gasteiger partial charge in [0.05, 0.1) is 24.6 Å². The number of nitrogens with zero attached hydrogens (tertiary/aromatic N) is 4. The molecule has 2 aromatic heterocycles. The first-order valence-corrected chi connectivity index (χ1v) is 11.0. The number of ether oxygens (including phenoxy) is 1. The van der Waals surface area contributed by atoms with Gasteiger partial charge in [0.15, 0.2) is 0 Å². The number of aliphatic hydroxyl groups is 1. The largest absolute Gasteiger partial charge is 0.497 e. The summed E-state index contributed by atoms with van der Waals surface area (Å²) in [6, 6.07) is 19.6. The van der Waals surface area contributed by atoms with Crippen molar-refractivity contribution in [2.75, 3.05) is 18.6 Å². The van der Waals surface area contributed by atoms with Crippen molar-refractivity contribution in [1.82, 2.24) is 14.3 Å². The van der Waals surface area contributed by atoms with E-state index in [-0.39, 0.29) is 11.5 Å². The Kier molecular flexibility index (Phi) is 5.51. The molecule has 1 unspecified atom stereocenters. The molecular formula is C26H24N4O4. The Balaban J connectivity index is 1.53. The lowest BCUT2D eigenvalue weighted by Crippen LogP contribution is -2.39. The van der Waals surface area contributed by atoms with Crippen LogP contribution in [0.4, 0.5) is 5.69 Å². The minimum Gasteiger partial charge on any atom is -0.497 e. The number of hydrogen-bond donors (Lipinski definition) is 1. The number of anilines is 1. The lowest BCUT2D eigenvalue weighted by Gasteiger charge is -2.28. The van der Waals surface area contributed by atoms with E-state index in [1.54, 1.807) is 58.6 Å². The molecule has 1 aliphatic rings. The molecule has 1 aliphatic heterocycles. The second-order valence-electron chi connectivity index (χ2n) is 8.13. The van der Waals surface area contributed by atoms with E-state index in [0.29, 0.717) is 35.8 Å². The molecule has 8 heteroatoms. The highest BCUT2D eigenvalue weighted by molar-refractivity contribution is 6.07. The zero-order valence-electron chi connectivity index (χ0n) is 18.9. The molecule has 0 aliphatic carbocycles. The van der Waals surface area contributed by atoms with Crippen molar-refractivity contribution in [3.8, 4) is 17.1 Å². The van der Waals surface area contributed by atoms with Gasteiger partial charge in [-0.2, -0.15) is 5.10 Å². The van der Waals surface area contributed by atoms with Crippen LogP contribution < -0.4 is 15.2 Å². The van der Waals surface area contributed by atoms with Gasteiger partial charge in [0.2, 0.25) is 0 Å². The average molecular weight is 457 g/mol. The van der Waals surface area contributed by atoms with Gasteiger partial charge in [-0.1, -0.05) is 6.07 Å². The van der Waals surface area contributed by atoms with Crippen molar-refractivity contribution in [3.05, 3.63) is 100 Å². The second kappa shape index (κ2) is 8.64. The maximum Gasteiger partial charge on any atom is 0.277 e. The zero-order chi connectivity index (χ0) is 23.8. The molecule has 172 valence electrons. The van der Waals surface area contributed by atoms with Crippen LogP contribution in [0.2, 0.25) is 0 Å². The summed E-state index contributed by atoms with van der Waals surface area (Å²) in [5, 5.41) is 14.9. The van der Waals surface area contributed by atoms with Gasteiger partial charge >= 0.3 is 0 Å². The Hall–Kier alpha value is -4.17. The van der Waals surface area contributed by atoms with E-state index in [9.17, 15) is 14.7 Å². The second-order valence-corrected chi connectivity index (χ2v) is 8.13. The summed E-state index contributed by atoms with van der Waals surface area (Å²) >= 11 is 0. The summed E-state index contributed by atoms with van der Waals surface area (Å²) in [4.78, 5) is 27.5. The molecule has 0 spiro atoms. The number of rotatable bonds is 5. The molecule has 1 N–H and O–H groups in total. The number of benzene rings is 2. The third-order valence-corrected chi connectivity index (χ3v) is 6.02. The van der Waals surface area contributed by atoms with Crippen LogP contribution in [0.5, 0.6) is 5.75 Å². The van der Waals surface area contributed by atoms with Gasteiger partial charge in [0, 0.05) is 35.7 Å². The third kappa shape index (κ3) is 3.68. The molecule has 0 saturated heterocycles. The Bertz CT molecular complexity index is 1400. The fraction of sp³-hybridized carbons (Fsp3) is 0.192. The van der Waals surface area contributed by atoms with Crippen molar-refractivity contribution in [2.24, 2.45) is 0 Å². The van der Waals surface area contributed by atoms with Crippen LogP contribution in [0.15, 0.2) is 77.7 Å². The van der Waals surface area contributed by atoms with Crippen LogP contribution >= 0.6 is 0 Å². The Morgan fingerprint density at radius 1 is 0.941 bits per heavy atom. The number of hydrogen-bond acceptors (Lipinski definition) is 5. The number of aromatic nitrogens is 3. The van der Waals surface area contributed by atoms with Crippen molar-refractivity contribution >= 4 is 11.6 Å². The lowest BCUT2D eigenvalue weighted by molar-refractivity contribution is 0.0973. The monoisotopic (exact) mass is 456 g/mol. The van der Waals surface area contributed by atoms with Crippen LogP contribution in [0.25, 0.3) is 11.4 Å². The molecule has 0 bridgehead atoms. The molecular weight excluding hydrogens is 432 g/mol. The molecule has 5 rings (SSSR count). The summed E-state index contributed by atoms with van der Waals surface area (Å²) in [5.41, 5.74) is 3.75. The van der Waals surface area contributed by atoms with E-state index in [4.69, 9.17) is 4.74 Å². The van der Waals surface area contributed by atoms with Gasteiger partial charge in [0.1, 0.15) is 11.4 Å². The number of fused-ring (bicyclic) bond motifs is 1. The maximum absolute atomic E-state index is 13.7. The number of pyridine rings is 1. The first-order valence-electron chi connectivity index (χ1n) is 11.0. The van der Waals surface area contributed by atoms with Crippen LogP contribution in [-0.4, -0.2) is 39.0 Å². The van der Waals surface area contributed by atoms with Crippen molar-refractivity contribution in [3.63, 3.8) is 0 Å². The number of aliphatic hydroxyl groups excluding tert-OH is 1. The van der Waals surface area contributed by atoms with E-state index in [1.165, 1.54) is 6.07 Å². The predicted molar refractivity (Wildman–Crippen MR) is 128 cm³/mol. The number of methoxy groups -OCH3 is 1. The Morgan fingerprint density at radius 3 is 2.26 bits per heavy atom. The normalized spacial score (nSPS) is 14.1. The molecule has 4 aromatic rings. The van der Waals surface area contributed by atoms with E-state index >= 15 is 0 Å². The molecule has 34 heavy (non-hydrogen) atoms. The van der Waals surface area contributed by atoms with Gasteiger partial charge in [0.25, 0.3) is 11.5 Å². The highest BCUT2D eigenvalue weighted by Gasteiger charge is 2.34. The minimum absolute atomic E-state index is 0.122. The first kappa shape index (κ1) is 21.7. The average Bonchev–Trinajstić information content (AvgIpc) is 3.26. The molecule has 3 heterocycles. The first-order chi connectivity index (χ1) is 16.5. The summed E-state index contributed by atoms with van der Waals surface area (Å²) in [6.07, 6.45) is 1.48. The van der Waals surface area contributed by atoms with Gasteiger partial charge in [-0.05, 0) is 67.9 Å². The molecule has 2 aromatic carbocycles. The standard InChI is InChI=1S/C26H24N4O4/c1-17(31)24-22-14-16-29(19-8-6-18(7-9-19)28-15-4-3-5-23(28)32)26(33)25(22)30(27-24)20-10-12-21(34-2)13-11-20/h3-13,15,17,31H,14,16H2,1-2H3. The van der Waals surface area contributed by atoms with Crippen LogP contribution in [0.3, 0.4) is 0 Å². The highest BCUT2D eigenvalue weighted by Crippen LogP contribution is 2.31. The summed E-state index contributed by atoms with van der Waals surface area (Å²) in [5.74, 6) is 0.507. The maximum atomic E-state index is 13.7. The van der Waals surface area contributed by atoms with Crippen molar-refractivity contribution < 1.29 is 14.6 Å². The van der Waals surface area contributed by atoms with E-state index in [0.717, 1.165) is 16.9 Å². The Labute approximate surface area is 196 Å². The van der Waals surface area contributed by atoms with Crippen molar-refractivity contribution in [1.29, 1.82) is 0 Å². The zero-order valence-corrected chi connectivity index (χ0v) is 18.9. The fourth-order valence-electron chi connectivity index (χ4n) is 4.31. The molecule has 0 saturated carbocycles. The number of amides is 1. The van der Waals surface area contributed by atoms with Crippen LogP contribution in [0.1, 0.15) is 34.8 Å². The highest BCUT2D eigenvalue weighted by atomic mass is 16.5. The molecule has 0 fully saturated rings. The van der Waals surface area contributed by atoms with Crippen LogP contribution in [0, 0.1) is 0 Å². The summed E-state index contributed by atoms with van der Waals surface area (Å²) in [7, 11) is 1.59. The topological polar surface area (TPSA) is 89.6 Å². The van der Waals surface area contributed by atoms with E-state index < -0.39 is 6.10 Å². The minimum atomic E-state index is -0.795. The van der Waals surface area contributed by atoms with Gasteiger partial charge in [-0.3, -0.25) is 14.2 Å². The smallest absolute Gasteiger partial charge is 0.277 e. The molecule has 1 amide bonds. The third-order valence-electron chi connectivity index (χ3n) is 6.02. The molecule has 8 nitrogen and oxygen atoms in total. The van der Waals surface area contributed by atoms with E-state index in [2.05, 4.69) is 5.10 Å². The van der Waals surface area contributed by atoms with Crippen LogP contribution in [-0.2, 0) is 6.42 Å². The quantitative estimate of drug-likeness (QED) is 0.498. The van der Waals surface area contributed by atoms with E-state index in [1.807, 2.05) is 36.4 Å². The summed E-state index contributed by atoms with van der Waals surface area (Å²) in [6.45, 7) is 2.12. The molecule has 1 atom stereocenters. The Morgan fingerprint density at radius 2 is 1.62 bits per heavy atom. The van der Waals surface area contributed by atoms with Gasteiger partial charge in [-0.25, -0.2) is 4.68 Å². The fourth-order valence-corrected chi connectivity index (χ4v) is 4.31. The van der Waals surface area contributed by atoms with Gasteiger partial charge < -0.3 is 14.7 Å². The predicted octanol–water partition coefficient (Wildman–Crippen LogP) is 3.29. The number of carbonyl (C=O) groups excluding carboxylic acids is 1. The lowest BCUT2D eigenvalue weighted by atomic mass is 10.0. The SMILES string of the molecule is COc1ccc(-n2nc(C(C)O)c3c2C(=O)N(c2ccc(-n4ccccc4=O)cc2)CC3)cc1. The number of carbonyl (C=O) groups is 1.